The summed E-state index contributed by atoms with van der Waals surface area (Å²) in [5.74, 6) is 0.934. The fourth-order valence-electron chi connectivity index (χ4n) is 1.94. The molecule has 2 heteroatoms. The van der Waals surface area contributed by atoms with Gasteiger partial charge in [0.25, 0.3) is 0 Å². The van der Waals surface area contributed by atoms with Gasteiger partial charge in [-0.1, -0.05) is 18.2 Å². The Morgan fingerprint density at radius 3 is 2.94 bits per heavy atom. The van der Waals surface area contributed by atoms with Crippen LogP contribution in [-0.2, 0) is 6.42 Å². The number of ether oxygens (including phenoxy) is 1. The van der Waals surface area contributed by atoms with Gasteiger partial charge in [-0.3, -0.25) is 0 Å². The van der Waals surface area contributed by atoms with E-state index in [0.29, 0.717) is 6.04 Å². The number of hydrogen-bond acceptors (Lipinski definition) is 2. The summed E-state index contributed by atoms with van der Waals surface area (Å²) in [4.78, 5) is 0. The number of hydrogen-bond donors (Lipinski definition) is 1. The highest BCUT2D eigenvalue weighted by Crippen LogP contribution is 2.15. The van der Waals surface area contributed by atoms with Gasteiger partial charge in [0.15, 0.2) is 0 Å². The molecule has 17 heavy (non-hydrogen) atoms. The molecule has 0 aliphatic carbocycles. The summed E-state index contributed by atoms with van der Waals surface area (Å²) < 4.78 is 5.23. The third-order valence-corrected chi connectivity index (χ3v) is 2.99. The molecule has 0 aliphatic heterocycles. The van der Waals surface area contributed by atoms with E-state index in [1.807, 2.05) is 25.3 Å². The first kappa shape index (κ1) is 13.8. The van der Waals surface area contributed by atoms with Crippen LogP contribution in [0.3, 0.4) is 0 Å². The lowest BCUT2D eigenvalue weighted by atomic mass is 10.0. The highest BCUT2D eigenvalue weighted by atomic mass is 16.5. The van der Waals surface area contributed by atoms with E-state index in [2.05, 4.69) is 24.0 Å². The number of likely N-dealkylation sites (N-methyl/N-ethyl adjacent to an activating group) is 1. The summed E-state index contributed by atoms with van der Waals surface area (Å²) in [6, 6.07) is 8.82. The Morgan fingerprint density at radius 1 is 1.47 bits per heavy atom. The maximum absolute atomic E-state index is 5.23. The number of benzene rings is 1. The molecule has 1 aromatic carbocycles. The topological polar surface area (TPSA) is 21.3 Å². The minimum absolute atomic E-state index is 0.530. The molecule has 0 fully saturated rings. The Morgan fingerprint density at radius 2 is 2.29 bits per heavy atom. The fourth-order valence-corrected chi connectivity index (χ4v) is 1.94. The molecule has 0 spiro atoms. The van der Waals surface area contributed by atoms with Crippen LogP contribution < -0.4 is 10.1 Å². The van der Waals surface area contributed by atoms with E-state index >= 15 is 0 Å². The summed E-state index contributed by atoms with van der Waals surface area (Å²) in [6.07, 6.45) is 6.50. The van der Waals surface area contributed by atoms with E-state index in [1.165, 1.54) is 18.4 Å². The Labute approximate surface area is 105 Å². The van der Waals surface area contributed by atoms with Crippen molar-refractivity contribution < 1.29 is 4.74 Å². The van der Waals surface area contributed by atoms with Gasteiger partial charge in [0, 0.05) is 6.04 Å². The minimum atomic E-state index is 0.530. The lowest BCUT2D eigenvalue weighted by molar-refractivity contribution is 0.413. The van der Waals surface area contributed by atoms with E-state index in [4.69, 9.17) is 4.74 Å². The lowest BCUT2D eigenvalue weighted by Gasteiger charge is -2.16. The molecular weight excluding hydrogens is 210 g/mol. The van der Waals surface area contributed by atoms with Crippen LogP contribution in [-0.4, -0.2) is 20.2 Å². The second-order valence-corrected chi connectivity index (χ2v) is 4.26. The summed E-state index contributed by atoms with van der Waals surface area (Å²) >= 11 is 0. The highest BCUT2D eigenvalue weighted by molar-refractivity contribution is 5.28. The molecule has 0 bridgehead atoms. The maximum Gasteiger partial charge on any atom is 0.119 e. The quantitative estimate of drug-likeness (QED) is 0.550. The van der Waals surface area contributed by atoms with E-state index < -0.39 is 0 Å². The molecule has 0 radical (unpaired) electrons. The maximum atomic E-state index is 5.23. The first-order valence-electron chi connectivity index (χ1n) is 6.21. The van der Waals surface area contributed by atoms with Crippen molar-refractivity contribution in [2.45, 2.75) is 31.7 Å². The zero-order valence-electron chi connectivity index (χ0n) is 10.9. The molecule has 0 aliphatic rings. The van der Waals surface area contributed by atoms with Crippen LogP contribution >= 0.6 is 0 Å². The second-order valence-electron chi connectivity index (χ2n) is 4.26. The largest absolute Gasteiger partial charge is 0.497 e. The van der Waals surface area contributed by atoms with Gasteiger partial charge < -0.3 is 10.1 Å². The average Bonchev–Trinajstić information content (AvgIpc) is 2.38. The molecule has 0 aromatic heterocycles. The van der Waals surface area contributed by atoms with E-state index in [-0.39, 0.29) is 0 Å². The van der Waals surface area contributed by atoms with Gasteiger partial charge in [-0.05, 0) is 50.4 Å². The third-order valence-electron chi connectivity index (χ3n) is 2.99. The van der Waals surface area contributed by atoms with Crippen LogP contribution in [0.25, 0.3) is 0 Å². The fraction of sp³-hybridized carbons (Fsp3) is 0.467. The van der Waals surface area contributed by atoms with Crippen molar-refractivity contribution in [2.24, 2.45) is 0 Å². The first-order chi connectivity index (χ1) is 8.30. The number of methoxy groups -OCH3 is 1. The van der Waals surface area contributed by atoms with Gasteiger partial charge in [0.05, 0.1) is 7.11 Å². The summed E-state index contributed by atoms with van der Waals surface area (Å²) in [7, 11) is 3.73. The molecular formula is C15H23NO. The van der Waals surface area contributed by atoms with Crippen LogP contribution in [0, 0.1) is 0 Å². The zero-order chi connectivity index (χ0) is 12.5. The van der Waals surface area contributed by atoms with Gasteiger partial charge in [-0.2, -0.15) is 0 Å². The van der Waals surface area contributed by atoms with Crippen molar-refractivity contribution in [2.75, 3.05) is 14.2 Å². The van der Waals surface area contributed by atoms with Crippen molar-refractivity contribution in [3.05, 3.63) is 42.5 Å². The molecule has 1 unspecified atom stereocenters. The highest BCUT2D eigenvalue weighted by Gasteiger charge is 2.07. The molecule has 0 saturated heterocycles. The normalized spacial score (nSPS) is 12.1. The molecule has 0 heterocycles. The monoisotopic (exact) mass is 233 g/mol. The van der Waals surface area contributed by atoms with Crippen molar-refractivity contribution in [3.63, 3.8) is 0 Å². The van der Waals surface area contributed by atoms with E-state index in [1.54, 1.807) is 7.11 Å². The first-order valence-corrected chi connectivity index (χ1v) is 6.21. The number of nitrogens with one attached hydrogen (secondary N) is 1. The number of allylic oxidation sites excluding steroid dienone is 1. The van der Waals surface area contributed by atoms with Crippen molar-refractivity contribution >= 4 is 0 Å². The predicted octanol–water partition coefficient (Wildman–Crippen LogP) is 3.18. The third kappa shape index (κ3) is 5.05. The number of rotatable bonds is 8. The molecule has 1 atom stereocenters. The lowest BCUT2D eigenvalue weighted by Crippen LogP contribution is -2.27. The SMILES string of the molecule is C=CCCCC(Cc1cccc(OC)c1)NC. The van der Waals surface area contributed by atoms with E-state index in [9.17, 15) is 0 Å². The standard InChI is InChI=1S/C15H23NO/c1-4-5-6-9-14(16-2)11-13-8-7-10-15(12-13)17-3/h4,7-8,10,12,14,16H,1,5-6,9,11H2,2-3H3. The molecule has 94 valence electrons. The Hall–Kier alpha value is -1.28. The molecule has 1 aromatic rings. The van der Waals surface area contributed by atoms with Crippen LogP contribution in [0.1, 0.15) is 24.8 Å². The Kier molecular flexibility index (Phi) is 6.41. The van der Waals surface area contributed by atoms with Crippen LogP contribution in [0.5, 0.6) is 5.75 Å². The smallest absolute Gasteiger partial charge is 0.119 e. The van der Waals surface area contributed by atoms with Gasteiger partial charge in [-0.15, -0.1) is 6.58 Å². The second kappa shape index (κ2) is 7.91. The van der Waals surface area contributed by atoms with Crippen LogP contribution in [0.4, 0.5) is 0 Å². The predicted molar refractivity (Wildman–Crippen MR) is 73.6 cm³/mol. The van der Waals surface area contributed by atoms with Gasteiger partial charge in [0.2, 0.25) is 0 Å². The van der Waals surface area contributed by atoms with E-state index in [0.717, 1.165) is 18.6 Å². The van der Waals surface area contributed by atoms with Gasteiger partial charge in [-0.25, -0.2) is 0 Å². The van der Waals surface area contributed by atoms with Gasteiger partial charge >= 0.3 is 0 Å². The number of unbranched alkanes of at least 4 members (excludes halogenated alkanes) is 1. The Bertz CT molecular complexity index is 335. The van der Waals surface area contributed by atoms with Crippen LogP contribution in [0.2, 0.25) is 0 Å². The molecule has 0 amide bonds. The van der Waals surface area contributed by atoms with Gasteiger partial charge in [0.1, 0.15) is 5.75 Å². The zero-order valence-corrected chi connectivity index (χ0v) is 10.9. The molecule has 1 N–H and O–H groups in total. The van der Waals surface area contributed by atoms with Crippen molar-refractivity contribution in [1.29, 1.82) is 0 Å². The summed E-state index contributed by atoms with van der Waals surface area (Å²) in [5.41, 5.74) is 1.32. The minimum Gasteiger partial charge on any atom is -0.497 e. The van der Waals surface area contributed by atoms with Crippen LogP contribution in [0.15, 0.2) is 36.9 Å². The summed E-state index contributed by atoms with van der Waals surface area (Å²) in [5, 5.41) is 3.37. The molecule has 0 saturated carbocycles. The molecule has 2 nitrogen and oxygen atoms in total. The average molecular weight is 233 g/mol. The van der Waals surface area contributed by atoms with Crippen molar-refractivity contribution in [1.82, 2.24) is 5.32 Å². The summed E-state index contributed by atoms with van der Waals surface area (Å²) in [6.45, 7) is 3.75. The Balaban J connectivity index is 2.50. The molecule has 1 rings (SSSR count). The van der Waals surface area contributed by atoms with Crippen molar-refractivity contribution in [3.8, 4) is 5.75 Å².